The monoisotopic (exact) mass is 344 g/mol. The van der Waals surface area contributed by atoms with Crippen molar-refractivity contribution in [3.63, 3.8) is 0 Å². The molecule has 1 heterocycles. The molecule has 1 atom stereocenters. The topological polar surface area (TPSA) is 59.2 Å². The van der Waals surface area contributed by atoms with Crippen molar-refractivity contribution in [1.29, 1.82) is 0 Å². The van der Waals surface area contributed by atoms with E-state index in [1.54, 1.807) is 0 Å². The van der Waals surface area contributed by atoms with Crippen LogP contribution < -0.4 is 0 Å². The van der Waals surface area contributed by atoms with Crippen molar-refractivity contribution >= 4 is 15.9 Å². The summed E-state index contributed by atoms with van der Waals surface area (Å²) in [5.74, 6) is 0.768. The SMILES string of the molecule is OC(c1ccccc1)c1nc(Cc2cccc(Br)c2)no1. The highest BCUT2D eigenvalue weighted by Gasteiger charge is 2.18. The summed E-state index contributed by atoms with van der Waals surface area (Å²) in [5.41, 5.74) is 1.81. The number of aliphatic hydroxyl groups excluding tert-OH is 1. The molecular formula is C16H13BrN2O2. The Morgan fingerprint density at radius 3 is 2.67 bits per heavy atom. The molecule has 4 nitrogen and oxygen atoms in total. The maximum Gasteiger partial charge on any atom is 0.260 e. The highest BCUT2D eigenvalue weighted by atomic mass is 79.9. The van der Waals surface area contributed by atoms with Gasteiger partial charge in [0.25, 0.3) is 5.89 Å². The fourth-order valence-electron chi connectivity index (χ4n) is 2.06. The van der Waals surface area contributed by atoms with E-state index in [1.165, 1.54) is 0 Å². The van der Waals surface area contributed by atoms with Gasteiger partial charge in [-0.05, 0) is 23.3 Å². The minimum atomic E-state index is -0.894. The molecular weight excluding hydrogens is 332 g/mol. The Bertz CT molecular complexity index is 728. The van der Waals surface area contributed by atoms with Gasteiger partial charge in [0.05, 0.1) is 0 Å². The zero-order valence-electron chi connectivity index (χ0n) is 11.1. The quantitative estimate of drug-likeness (QED) is 0.786. The number of hydrogen-bond donors (Lipinski definition) is 1. The van der Waals surface area contributed by atoms with Gasteiger partial charge in [0, 0.05) is 10.9 Å². The summed E-state index contributed by atoms with van der Waals surface area (Å²) in [4.78, 5) is 4.27. The van der Waals surface area contributed by atoms with E-state index >= 15 is 0 Å². The van der Waals surface area contributed by atoms with Crippen LogP contribution in [0.25, 0.3) is 0 Å². The maximum absolute atomic E-state index is 10.2. The van der Waals surface area contributed by atoms with Crippen LogP contribution in [-0.2, 0) is 6.42 Å². The zero-order chi connectivity index (χ0) is 14.7. The summed E-state index contributed by atoms with van der Waals surface area (Å²) >= 11 is 3.43. The highest BCUT2D eigenvalue weighted by molar-refractivity contribution is 9.10. The molecule has 0 spiro atoms. The molecule has 0 aliphatic heterocycles. The van der Waals surface area contributed by atoms with E-state index in [2.05, 4.69) is 26.1 Å². The first-order valence-electron chi connectivity index (χ1n) is 6.52. The number of nitrogens with zero attached hydrogens (tertiary/aromatic N) is 2. The molecule has 0 fully saturated rings. The lowest BCUT2D eigenvalue weighted by molar-refractivity contribution is 0.170. The van der Waals surface area contributed by atoms with Crippen LogP contribution in [0.2, 0.25) is 0 Å². The van der Waals surface area contributed by atoms with Crippen LogP contribution in [0.3, 0.4) is 0 Å². The normalized spacial score (nSPS) is 12.3. The third kappa shape index (κ3) is 3.37. The van der Waals surface area contributed by atoms with Gasteiger partial charge >= 0.3 is 0 Å². The minimum Gasteiger partial charge on any atom is -0.378 e. The number of hydrogen-bond acceptors (Lipinski definition) is 4. The Hall–Kier alpha value is -1.98. The molecule has 2 aromatic carbocycles. The largest absolute Gasteiger partial charge is 0.378 e. The van der Waals surface area contributed by atoms with Crippen LogP contribution in [0.15, 0.2) is 63.6 Å². The second-order valence-corrected chi connectivity index (χ2v) is 5.58. The summed E-state index contributed by atoms with van der Waals surface area (Å²) in [7, 11) is 0. The molecule has 3 aromatic rings. The van der Waals surface area contributed by atoms with E-state index in [9.17, 15) is 5.11 Å². The highest BCUT2D eigenvalue weighted by Crippen LogP contribution is 2.21. The van der Waals surface area contributed by atoms with Crippen LogP contribution in [0.1, 0.15) is 28.9 Å². The van der Waals surface area contributed by atoms with E-state index in [0.29, 0.717) is 12.2 Å². The zero-order valence-corrected chi connectivity index (χ0v) is 12.7. The minimum absolute atomic E-state index is 0.214. The smallest absolute Gasteiger partial charge is 0.260 e. The van der Waals surface area contributed by atoms with Gasteiger partial charge in [-0.25, -0.2) is 0 Å². The average molecular weight is 345 g/mol. The van der Waals surface area contributed by atoms with E-state index in [4.69, 9.17) is 4.52 Å². The molecule has 1 aromatic heterocycles. The van der Waals surface area contributed by atoms with Crippen molar-refractivity contribution in [3.05, 3.63) is 81.9 Å². The summed E-state index contributed by atoms with van der Waals surface area (Å²) in [5, 5.41) is 14.1. The van der Waals surface area contributed by atoms with Gasteiger partial charge in [-0.1, -0.05) is 63.6 Å². The third-order valence-electron chi connectivity index (χ3n) is 3.08. The van der Waals surface area contributed by atoms with Gasteiger partial charge < -0.3 is 9.63 Å². The van der Waals surface area contributed by atoms with Gasteiger partial charge in [-0.2, -0.15) is 4.98 Å². The summed E-state index contributed by atoms with van der Waals surface area (Å²) in [6.07, 6.45) is -0.334. The Kier molecular flexibility index (Phi) is 4.13. The Labute approximate surface area is 130 Å². The molecule has 0 bridgehead atoms. The van der Waals surface area contributed by atoms with Crippen LogP contribution in [0.5, 0.6) is 0 Å². The summed E-state index contributed by atoms with van der Waals surface area (Å²) in [6.45, 7) is 0. The molecule has 0 saturated carbocycles. The van der Waals surface area contributed by atoms with Crippen molar-refractivity contribution in [2.24, 2.45) is 0 Å². The van der Waals surface area contributed by atoms with E-state index in [1.807, 2.05) is 54.6 Å². The fourth-order valence-corrected chi connectivity index (χ4v) is 2.50. The number of benzene rings is 2. The standard InChI is InChI=1S/C16H13BrN2O2/c17-13-8-4-5-11(9-13)10-14-18-16(21-19-14)15(20)12-6-2-1-3-7-12/h1-9,15,20H,10H2. The molecule has 5 heteroatoms. The molecule has 106 valence electrons. The lowest BCUT2D eigenvalue weighted by atomic mass is 10.1. The van der Waals surface area contributed by atoms with Gasteiger partial charge in [0.2, 0.25) is 0 Å². The maximum atomic E-state index is 10.2. The second kappa shape index (κ2) is 6.20. The van der Waals surface area contributed by atoms with Crippen molar-refractivity contribution in [2.75, 3.05) is 0 Å². The average Bonchev–Trinajstić information content (AvgIpc) is 2.96. The van der Waals surface area contributed by atoms with Gasteiger partial charge in [0.15, 0.2) is 11.9 Å². The summed E-state index contributed by atoms with van der Waals surface area (Å²) < 4.78 is 6.17. The third-order valence-corrected chi connectivity index (χ3v) is 3.58. The lowest BCUT2D eigenvalue weighted by Crippen LogP contribution is -2.00. The van der Waals surface area contributed by atoms with Crippen LogP contribution in [0, 0.1) is 0 Å². The molecule has 0 aliphatic rings. The van der Waals surface area contributed by atoms with E-state index in [-0.39, 0.29) is 5.89 Å². The Balaban J connectivity index is 1.77. The van der Waals surface area contributed by atoms with Crippen LogP contribution in [0.4, 0.5) is 0 Å². The number of halogens is 1. The molecule has 0 amide bonds. The van der Waals surface area contributed by atoms with Gasteiger partial charge in [0.1, 0.15) is 0 Å². The number of rotatable bonds is 4. The second-order valence-electron chi connectivity index (χ2n) is 4.67. The molecule has 0 saturated heterocycles. The number of aromatic nitrogens is 2. The number of aliphatic hydroxyl groups is 1. The van der Waals surface area contributed by atoms with Crippen LogP contribution >= 0.6 is 15.9 Å². The first-order chi connectivity index (χ1) is 10.2. The lowest BCUT2D eigenvalue weighted by Gasteiger charge is -2.04. The molecule has 0 radical (unpaired) electrons. The first-order valence-corrected chi connectivity index (χ1v) is 7.31. The molecule has 21 heavy (non-hydrogen) atoms. The van der Waals surface area contributed by atoms with E-state index < -0.39 is 6.10 Å². The van der Waals surface area contributed by atoms with Crippen molar-refractivity contribution in [2.45, 2.75) is 12.5 Å². The predicted molar refractivity (Wildman–Crippen MR) is 81.7 cm³/mol. The predicted octanol–water partition coefficient (Wildman–Crippen LogP) is 3.50. The van der Waals surface area contributed by atoms with Gasteiger partial charge in [-0.3, -0.25) is 0 Å². The molecule has 0 aliphatic carbocycles. The Morgan fingerprint density at radius 2 is 1.90 bits per heavy atom. The van der Waals surface area contributed by atoms with Crippen molar-refractivity contribution in [3.8, 4) is 0 Å². The van der Waals surface area contributed by atoms with Crippen molar-refractivity contribution in [1.82, 2.24) is 10.1 Å². The molecule has 1 unspecified atom stereocenters. The summed E-state index contributed by atoms with van der Waals surface area (Å²) in [6, 6.07) is 17.2. The fraction of sp³-hybridized carbons (Fsp3) is 0.125. The Morgan fingerprint density at radius 1 is 1.10 bits per heavy atom. The van der Waals surface area contributed by atoms with Gasteiger partial charge in [-0.15, -0.1) is 0 Å². The molecule has 3 rings (SSSR count). The first kappa shape index (κ1) is 14.0. The van der Waals surface area contributed by atoms with E-state index in [0.717, 1.165) is 15.6 Å². The van der Waals surface area contributed by atoms with Crippen LogP contribution in [-0.4, -0.2) is 15.2 Å². The van der Waals surface area contributed by atoms with Crippen molar-refractivity contribution < 1.29 is 9.63 Å². The molecule has 1 N–H and O–H groups in total.